The number of amides is 1. The molecule has 0 spiro atoms. The predicted molar refractivity (Wildman–Crippen MR) is 98.6 cm³/mol. The fraction of sp³-hybridized carbons (Fsp3) is 0.200. The van der Waals surface area contributed by atoms with E-state index >= 15 is 0 Å². The Morgan fingerprint density at radius 1 is 1.15 bits per heavy atom. The minimum Gasteiger partial charge on any atom is -0.484 e. The average molecular weight is 368 g/mol. The van der Waals surface area contributed by atoms with Crippen molar-refractivity contribution in [3.63, 3.8) is 0 Å². The Bertz CT molecular complexity index is 927. The number of hydrogen-bond acceptors (Lipinski definition) is 4. The van der Waals surface area contributed by atoms with Gasteiger partial charge < -0.3 is 9.64 Å². The van der Waals surface area contributed by atoms with Gasteiger partial charge in [0.1, 0.15) is 16.6 Å². The molecule has 1 aromatic heterocycles. The molecule has 0 bridgehead atoms. The van der Waals surface area contributed by atoms with Crippen LogP contribution in [0.1, 0.15) is 10.6 Å². The predicted octanol–water partition coefficient (Wildman–Crippen LogP) is 3.91. The highest BCUT2D eigenvalue weighted by atomic mass is 32.1. The van der Waals surface area contributed by atoms with Gasteiger partial charge in [-0.05, 0) is 24.3 Å². The molecule has 0 aliphatic carbocycles. The number of hydrogen-bond donors (Lipinski definition) is 0. The van der Waals surface area contributed by atoms with E-state index in [0.717, 1.165) is 10.6 Å². The normalized spacial score (nSPS) is 13.3. The first-order chi connectivity index (χ1) is 12.7. The molecule has 1 aliphatic heterocycles. The maximum atomic E-state index is 14.0. The van der Waals surface area contributed by atoms with Gasteiger partial charge in [0.2, 0.25) is 0 Å². The van der Waals surface area contributed by atoms with Crippen LogP contribution in [0.4, 0.5) is 4.39 Å². The first-order valence-corrected chi connectivity index (χ1v) is 9.21. The van der Waals surface area contributed by atoms with Crippen LogP contribution in [-0.2, 0) is 17.8 Å². The van der Waals surface area contributed by atoms with Crippen LogP contribution in [0, 0.1) is 5.82 Å². The highest BCUT2D eigenvalue weighted by Gasteiger charge is 2.25. The van der Waals surface area contributed by atoms with Crippen LogP contribution in [0.15, 0.2) is 54.6 Å². The van der Waals surface area contributed by atoms with E-state index in [-0.39, 0.29) is 18.3 Å². The Balaban J connectivity index is 1.44. The SMILES string of the molecule is O=C(COc1ccccc1)N1CCc2nc(-c3ccccc3F)sc2C1. The number of nitrogens with zero attached hydrogens (tertiary/aromatic N) is 2. The van der Waals surface area contributed by atoms with Gasteiger partial charge in [0.25, 0.3) is 5.91 Å². The fourth-order valence-electron chi connectivity index (χ4n) is 2.91. The highest BCUT2D eigenvalue weighted by Crippen LogP contribution is 2.32. The van der Waals surface area contributed by atoms with Gasteiger partial charge in [-0.2, -0.15) is 0 Å². The van der Waals surface area contributed by atoms with Crippen LogP contribution >= 0.6 is 11.3 Å². The molecular weight excluding hydrogens is 351 g/mol. The zero-order chi connectivity index (χ0) is 17.9. The van der Waals surface area contributed by atoms with Crippen LogP contribution in [0.3, 0.4) is 0 Å². The van der Waals surface area contributed by atoms with Crippen molar-refractivity contribution in [1.82, 2.24) is 9.88 Å². The molecule has 1 amide bonds. The van der Waals surface area contributed by atoms with E-state index in [1.165, 1.54) is 17.4 Å². The monoisotopic (exact) mass is 368 g/mol. The van der Waals surface area contributed by atoms with Crippen molar-refractivity contribution < 1.29 is 13.9 Å². The van der Waals surface area contributed by atoms with Gasteiger partial charge in [-0.25, -0.2) is 9.37 Å². The molecule has 0 radical (unpaired) electrons. The molecular formula is C20H17FN2O2S. The molecule has 1 aliphatic rings. The topological polar surface area (TPSA) is 42.4 Å². The Labute approximate surface area is 154 Å². The third-order valence-electron chi connectivity index (χ3n) is 4.29. The van der Waals surface area contributed by atoms with Crippen molar-refractivity contribution in [2.45, 2.75) is 13.0 Å². The largest absolute Gasteiger partial charge is 0.484 e. The van der Waals surface area contributed by atoms with Gasteiger partial charge in [-0.15, -0.1) is 11.3 Å². The minimum atomic E-state index is -0.275. The second-order valence-corrected chi connectivity index (χ2v) is 7.12. The number of benzene rings is 2. The summed E-state index contributed by atoms with van der Waals surface area (Å²) in [4.78, 5) is 19.8. The summed E-state index contributed by atoms with van der Waals surface area (Å²) in [6, 6.07) is 15.9. The van der Waals surface area contributed by atoms with E-state index in [4.69, 9.17) is 4.74 Å². The Kier molecular flexibility index (Phi) is 4.67. The van der Waals surface area contributed by atoms with Crippen LogP contribution in [-0.4, -0.2) is 28.9 Å². The van der Waals surface area contributed by atoms with Crippen LogP contribution in [0.25, 0.3) is 10.6 Å². The van der Waals surface area contributed by atoms with Crippen LogP contribution in [0.5, 0.6) is 5.75 Å². The smallest absolute Gasteiger partial charge is 0.260 e. The molecule has 2 heterocycles. The molecule has 0 unspecified atom stereocenters. The highest BCUT2D eigenvalue weighted by molar-refractivity contribution is 7.15. The van der Waals surface area contributed by atoms with E-state index in [1.54, 1.807) is 23.1 Å². The molecule has 0 saturated carbocycles. The zero-order valence-electron chi connectivity index (χ0n) is 14.0. The van der Waals surface area contributed by atoms with Gasteiger partial charge in [0.15, 0.2) is 6.61 Å². The molecule has 0 N–H and O–H groups in total. The van der Waals surface area contributed by atoms with Crippen molar-refractivity contribution in [3.05, 3.63) is 71.0 Å². The number of aromatic nitrogens is 1. The van der Waals surface area contributed by atoms with Gasteiger partial charge in [0, 0.05) is 23.4 Å². The number of thiazole rings is 1. The summed E-state index contributed by atoms with van der Waals surface area (Å²) in [5.74, 6) is 0.348. The Morgan fingerprint density at radius 2 is 1.92 bits per heavy atom. The number of para-hydroxylation sites is 1. The van der Waals surface area contributed by atoms with Crippen LogP contribution < -0.4 is 4.74 Å². The molecule has 4 rings (SSSR count). The summed E-state index contributed by atoms with van der Waals surface area (Å²) >= 11 is 1.45. The second kappa shape index (κ2) is 7.25. The van der Waals surface area contributed by atoms with Gasteiger partial charge in [-0.1, -0.05) is 30.3 Å². The standard InChI is InChI=1S/C20H17FN2O2S/c21-16-9-5-4-8-15(16)20-22-17-10-11-23(12-18(17)26-20)19(24)13-25-14-6-2-1-3-7-14/h1-9H,10-13H2. The summed E-state index contributed by atoms with van der Waals surface area (Å²) in [5.41, 5.74) is 1.47. The zero-order valence-corrected chi connectivity index (χ0v) is 14.8. The number of ether oxygens (including phenoxy) is 1. The lowest BCUT2D eigenvalue weighted by Gasteiger charge is -2.26. The molecule has 132 valence electrons. The second-order valence-electron chi connectivity index (χ2n) is 6.04. The van der Waals surface area contributed by atoms with Crippen molar-refractivity contribution in [2.75, 3.05) is 13.2 Å². The van der Waals surface area contributed by atoms with Crippen molar-refractivity contribution in [2.24, 2.45) is 0 Å². The van der Waals surface area contributed by atoms with E-state index in [9.17, 15) is 9.18 Å². The lowest BCUT2D eigenvalue weighted by molar-refractivity contribution is -0.134. The van der Waals surface area contributed by atoms with Gasteiger partial charge in [0.05, 0.1) is 12.2 Å². The number of halogens is 1. The third kappa shape index (κ3) is 3.46. The first-order valence-electron chi connectivity index (χ1n) is 8.40. The van der Waals surface area contributed by atoms with Crippen LogP contribution in [0.2, 0.25) is 0 Å². The first kappa shape index (κ1) is 16.7. The maximum Gasteiger partial charge on any atom is 0.260 e. The molecule has 26 heavy (non-hydrogen) atoms. The number of fused-ring (bicyclic) bond motifs is 1. The molecule has 3 aromatic rings. The summed E-state index contributed by atoms with van der Waals surface area (Å²) in [7, 11) is 0. The molecule has 0 saturated heterocycles. The number of carbonyl (C=O) groups excluding carboxylic acids is 1. The third-order valence-corrected chi connectivity index (χ3v) is 5.41. The Morgan fingerprint density at radius 3 is 2.73 bits per heavy atom. The minimum absolute atomic E-state index is 0.0122. The molecule has 4 nitrogen and oxygen atoms in total. The molecule has 0 atom stereocenters. The fourth-order valence-corrected chi connectivity index (χ4v) is 4.06. The Hall–Kier alpha value is -2.73. The van der Waals surface area contributed by atoms with Crippen molar-refractivity contribution in [1.29, 1.82) is 0 Å². The molecule has 0 fully saturated rings. The van der Waals surface area contributed by atoms with E-state index in [2.05, 4.69) is 4.98 Å². The molecule has 2 aromatic carbocycles. The molecule has 6 heteroatoms. The van der Waals surface area contributed by atoms with Crippen molar-refractivity contribution in [3.8, 4) is 16.3 Å². The van der Waals surface area contributed by atoms with Crippen molar-refractivity contribution >= 4 is 17.2 Å². The van der Waals surface area contributed by atoms with Gasteiger partial charge >= 0.3 is 0 Å². The number of carbonyl (C=O) groups is 1. The number of rotatable bonds is 4. The van der Waals surface area contributed by atoms with E-state index in [0.29, 0.717) is 35.8 Å². The maximum absolute atomic E-state index is 14.0. The van der Waals surface area contributed by atoms with Gasteiger partial charge in [-0.3, -0.25) is 4.79 Å². The lowest BCUT2D eigenvalue weighted by atomic mass is 10.1. The lowest BCUT2D eigenvalue weighted by Crippen LogP contribution is -2.38. The summed E-state index contributed by atoms with van der Waals surface area (Å²) in [6.45, 7) is 1.11. The van der Waals surface area contributed by atoms with E-state index < -0.39 is 0 Å². The quantitative estimate of drug-likeness (QED) is 0.701. The van der Waals surface area contributed by atoms with E-state index in [1.807, 2.05) is 30.3 Å². The summed E-state index contributed by atoms with van der Waals surface area (Å²) in [5, 5.41) is 0.669. The summed E-state index contributed by atoms with van der Waals surface area (Å²) < 4.78 is 19.5. The summed E-state index contributed by atoms with van der Waals surface area (Å²) in [6.07, 6.45) is 0.678. The average Bonchev–Trinajstić information content (AvgIpc) is 3.10.